The number of pyridine rings is 1. The van der Waals surface area contributed by atoms with Gasteiger partial charge in [-0.15, -0.1) is 0 Å². The minimum Gasteiger partial charge on any atom is -0.294 e. The number of allylic oxidation sites excluding steroid dienone is 4. The minimum absolute atomic E-state index is 0.0983. The van der Waals surface area contributed by atoms with Gasteiger partial charge in [-0.25, -0.2) is 0 Å². The molecule has 1 atom stereocenters. The maximum atomic E-state index is 11.4. The van der Waals surface area contributed by atoms with Gasteiger partial charge in [0, 0.05) is 6.20 Å². The van der Waals surface area contributed by atoms with Gasteiger partial charge in [0.05, 0.1) is 11.6 Å². The second-order valence-electron chi connectivity index (χ2n) is 2.88. The Morgan fingerprint density at radius 3 is 2.85 bits per heavy atom. The zero-order chi connectivity index (χ0) is 9.10. The highest BCUT2D eigenvalue weighted by Crippen LogP contribution is 2.18. The summed E-state index contributed by atoms with van der Waals surface area (Å²) in [5, 5.41) is 0. The number of carbonyl (C=O) groups is 1. The molecule has 0 saturated carbocycles. The van der Waals surface area contributed by atoms with E-state index in [1.54, 1.807) is 18.3 Å². The monoisotopic (exact) mass is 171 g/mol. The fourth-order valence-electron chi connectivity index (χ4n) is 1.33. The van der Waals surface area contributed by atoms with Crippen LogP contribution in [0.3, 0.4) is 0 Å². The average Bonchev–Trinajstić information content (AvgIpc) is 2.20. The molecule has 13 heavy (non-hydrogen) atoms. The Balaban J connectivity index is 2.32. The number of aromatic nitrogens is 1. The Bertz CT molecular complexity index is 365. The molecule has 2 heteroatoms. The lowest BCUT2D eigenvalue weighted by atomic mass is 9.95. The molecular weight excluding hydrogens is 162 g/mol. The summed E-state index contributed by atoms with van der Waals surface area (Å²) < 4.78 is 0. The van der Waals surface area contributed by atoms with E-state index >= 15 is 0 Å². The van der Waals surface area contributed by atoms with E-state index in [9.17, 15) is 4.79 Å². The first kappa shape index (κ1) is 7.92. The SMILES string of the molecule is O=C1C=CC=CC1c1ccccn1. The molecular formula is C11H9NO. The van der Waals surface area contributed by atoms with Crippen LogP contribution in [0.2, 0.25) is 0 Å². The van der Waals surface area contributed by atoms with Crippen molar-refractivity contribution in [1.29, 1.82) is 0 Å². The van der Waals surface area contributed by atoms with Gasteiger partial charge < -0.3 is 0 Å². The first-order chi connectivity index (χ1) is 6.38. The van der Waals surface area contributed by atoms with E-state index in [2.05, 4.69) is 4.98 Å². The van der Waals surface area contributed by atoms with Gasteiger partial charge in [0.15, 0.2) is 5.78 Å². The largest absolute Gasteiger partial charge is 0.294 e. The number of nitrogens with zero attached hydrogens (tertiary/aromatic N) is 1. The molecule has 1 aromatic heterocycles. The highest BCUT2D eigenvalue weighted by atomic mass is 16.1. The summed E-state index contributed by atoms with van der Waals surface area (Å²) in [5.41, 5.74) is 0.813. The molecule has 0 aromatic carbocycles. The molecule has 0 aliphatic heterocycles. The van der Waals surface area contributed by atoms with E-state index < -0.39 is 0 Å². The predicted molar refractivity (Wildman–Crippen MR) is 50.3 cm³/mol. The zero-order valence-electron chi connectivity index (χ0n) is 7.05. The molecule has 1 aromatic rings. The van der Waals surface area contributed by atoms with Gasteiger partial charge in [-0.2, -0.15) is 0 Å². The van der Waals surface area contributed by atoms with Crippen molar-refractivity contribution in [3.63, 3.8) is 0 Å². The topological polar surface area (TPSA) is 30.0 Å². The van der Waals surface area contributed by atoms with E-state index in [0.717, 1.165) is 5.69 Å². The van der Waals surface area contributed by atoms with Crippen molar-refractivity contribution >= 4 is 5.78 Å². The smallest absolute Gasteiger partial charge is 0.168 e. The van der Waals surface area contributed by atoms with Crippen LogP contribution in [-0.2, 0) is 4.79 Å². The Hall–Kier alpha value is -1.70. The second kappa shape index (κ2) is 3.35. The van der Waals surface area contributed by atoms with Crippen molar-refractivity contribution in [2.45, 2.75) is 5.92 Å². The zero-order valence-corrected chi connectivity index (χ0v) is 7.05. The van der Waals surface area contributed by atoms with Gasteiger partial charge in [-0.05, 0) is 18.2 Å². The molecule has 64 valence electrons. The highest BCUT2D eigenvalue weighted by Gasteiger charge is 2.17. The number of hydrogen-bond donors (Lipinski definition) is 0. The number of carbonyl (C=O) groups excluding carboxylic acids is 1. The third kappa shape index (κ3) is 1.56. The van der Waals surface area contributed by atoms with E-state index in [1.807, 2.05) is 30.4 Å². The third-order valence-electron chi connectivity index (χ3n) is 1.99. The fraction of sp³-hybridized carbons (Fsp3) is 0.0909. The van der Waals surface area contributed by atoms with Gasteiger partial charge in [0.25, 0.3) is 0 Å². The first-order valence-electron chi connectivity index (χ1n) is 4.17. The summed E-state index contributed by atoms with van der Waals surface area (Å²) in [6, 6.07) is 5.60. The van der Waals surface area contributed by atoms with Gasteiger partial charge >= 0.3 is 0 Å². The molecule has 0 amide bonds. The third-order valence-corrected chi connectivity index (χ3v) is 1.99. The summed E-state index contributed by atoms with van der Waals surface area (Å²) in [5.74, 6) is -0.0904. The van der Waals surface area contributed by atoms with Crippen LogP contribution in [0.5, 0.6) is 0 Å². The summed E-state index contributed by atoms with van der Waals surface area (Å²) in [6.45, 7) is 0. The quantitative estimate of drug-likeness (QED) is 0.645. The van der Waals surface area contributed by atoms with E-state index in [0.29, 0.717) is 0 Å². The number of hydrogen-bond acceptors (Lipinski definition) is 2. The van der Waals surface area contributed by atoms with Crippen molar-refractivity contribution < 1.29 is 4.79 Å². The summed E-state index contributed by atoms with van der Waals surface area (Å²) in [6.07, 6.45) is 8.78. The van der Waals surface area contributed by atoms with Crippen molar-refractivity contribution in [3.05, 3.63) is 54.4 Å². The van der Waals surface area contributed by atoms with Crippen LogP contribution in [0.4, 0.5) is 0 Å². The number of ketones is 1. The molecule has 1 aliphatic rings. The lowest BCUT2D eigenvalue weighted by Gasteiger charge is -2.10. The predicted octanol–water partition coefficient (Wildman–Crippen LogP) is 1.86. The molecule has 0 spiro atoms. The van der Waals surface area contributed by atoms with Crippen molar-refractivity contribution in [2.75, 3.05) is 0 Å². The molecule has 1 heterocycles. The van der Waals surface area contributed by atoms with Crippen molar-refractivity contribution in [2.24, 2.45) is 0 Å². The maximum Gasteiger partial charge on any atom is 0.168 e. The second-order valence-corrected chi connectivity index (χ2v) is 2.88. The van der Waals surface area contributed by atoms with Gasteiger partial charge in [0.2, 0.25) is 0 Å². The molecule has 1 unspecified atom stereocenters. The molecule has 2 nitrogen and oxygen atoms in total. The average molecular weight is 171 g/mol. The molecule has 0 bridgehead atoms. The van der Waals surface area contributed by atoms with E-state index in [1.165, 1.54) is 0 Å². The Morgan fingerprint density at radius 2 is 2.15 bits per heavy atom. The lowest BCUT2D eigenvalue weighted by molar-refractivity contribution is -0.115. The molecule has 0 saturated heterocycles. The van der Waals surface area contributed by atoms with Crippen LogP contribution in [-0.4, -0.2) is 10.8 Å². The minimum atomic E-state index is -0.189. The summed E-state index contributed by atoms with van der Waals surface area (Å²) in [7, 11) is 0. The van der Waals surface area contributed by atoms with Crippen molar-refractivity contribution in [3.8, 4) is 0 Å². The standard InChI is InChI=1S/C11H9NO/c13-11-7-2-1-5-9(11)10-6-3-4-8-12-10/h1-9H. The Kier molecular flexibility index (Phi) is 2.04. The molecule has 0 fully saturated rings. The van der Waals surface area contributed by atoms with Crippen LogP contribution in [0.15, 0.2) is 48.7 Å². The van der Waals surface area contributed by atoms with Gasteiger partial charge in [-0.3, -0.25) is 9.78 Å². The van der Waals surface area contributed by atoms with Gasteiger partial charge in [-0.1, -0.05) is 24.3 Å². The van der Waals surface area contributed by atoms with Crippen LogP contribution < -0.4 is 0 Å². The molecule has 2 rings (SSSR count). The van der Waals surface area contributed by atoms with Gasteiger partial charge in [0.1, 0.15) is 0 Å². The van der Waals surface area contributed by atoms with Crippen molar-refractivity contribution in [1.82, 2.24) is 4.98 Å². The number of rotatable bonds is 1. The fourth-order valence-corrected chi connectivity index (χ4v) is 1.33. The summed E-state index contributed by atoms with van der Waals surface area (Å²) >= 11 is 0. The Morgan fingerprint density at radius 1 is 1.23 bits per heavy atom. The Labute approximate surface area is 76.6 Å². The van der Waals surface area contributed by atoms with Crippen LogP contribution in [0.25, 0.3) is 0 Å². The van der Waals surface area contributed by atoms with Crippen LogP contribution in [0.1, 0.15) is 11.6 Å². The lowest BCUT2D eigenvalue weighted by Crippen LogP contribution is -2.10. The van der Waals surface area contributed by atoms with Crippen LogP contribution >= 0.6 is 0 Å². The maximum absolute atomic E-state index is 11.4. The first-order valence-corrected chi connectivity index (χ1v) is 4.17. The molecule has 0 N–H and O–H groups in total. The molecule has 0 radical (unpaired) electrons. The van der Waals surface area contributed by atoms with Crippen LogP contribution in [0, 0.1) is 0 Å². The summed E-state index contributed by atoms with van der Waals surface area (Å²) in [4.78, 5) is 15.6. The highest BCUT2D eigenvalue weighted by molar-refractivity contribution is 5.97. The van der Waals surface area contributed by atoms with E-state index in [-0.39, 0.29) is 11.7 Å². The molecule has 1 aliphatic carbocycles. The normalized spacial score (nSPS) is 20.6. The van der Waals surface area contributed by atoms with E-state index in [4.69, 9.17) is 0 Å².